The van der Waals surface area contributed by atoms with Gasteiger partial charge in [-0.2, -0.15) is 0 Å². The number of likely N-dealkylation sites (N-methyl/N-ethyl adjacent to an activating group) is 2. The van der Waals surface area contributed by atoms with Gasteiger partial charge in [0.15, 0.2) is 5.11 Å². The summed E-state index contributed by atoms with van der Waals surface area (Å²) in [7, 11) is 2.01. The molecule has 1 amide bonds. The smallest absolute Gasteiger partial charge is 0.256 e. The summed E-state index contributed by atoms with van der Waals surface area (Å²) in [6.45, 7) is 3.97. The molecular formula is C13H17N3O2S. The molecule has 1 spiro atoms. The van der Waals surface area contributed by atoms with Crippen LogP contribution in [-0.2, 0) is 4.79 Å². The van der Waals surface area contributed by atoms with Crippen LogP contribution in [0.3, 0.4) is 0 Å². The first-order valence-corrected chi connectivity index (χ1v) is 6.85. The number of thiocarbonyl (C=S) groups is 1. The predicted octanol–water partition coefficient (Wildman–Crippen LogP) is 0.784. The van der Waals surface area contributed by atoms with Crippen LogP contribution in [0.25, 0.3) is 0 Å². The monoisotopic (exact) mass is 279 g/mol. The van der Waals surface area contributed by atoms with Crippen molar-refractivity contribution in [2.24, 2.45) is 0 Å². The molecule has 3 rings (SSSR count). The summed E-state index contributed by atoms with van der Waals surface area (Å²) in [5.74, 6) is 0.895. The minimum absolute atomic E-state index is 0.00509. The van der Waals surface area contributed by atoms with Crippen molar-refractivity contribution in [2.45, 2.75) is 18.4 Å². The van der Waals surface area contributed by atoms with Gasteiger partial charge < -0.3 is 14.6 Å². The Morgan fingerprint density at radius 2 is 2.42 bits per heavy atom. The number of nitrogens with zero attached hydrogens (tertiary/aromatic N) is 2. The topological polar surface area (TPSA) is 48.7 Å². The summed E-state index contributed by atoms with van der Waals surface area (Å²) in [6.07, 6.45) is 1.65. The van der Waals surface area contributed by atoms with Crippen LogP contribution in [0, 0.1) is 0 Å². The third-order valence-corrected chi connectivity index (χ3v) is 4.34. The second-order valence-corrected chi connectivity index (χ2v) is 5.60. The lowest BCUT2D eigenvalue weighted by molar-refractivity contribution is -0.131. The summed E-state index contributed by atoms with van der Waals surface area (Å²) in [5, 5.41) is 3.78. The van der Waals surface area contributed by atoms with Gasteiger partial charge in [0.1, 0.15) is 11.3 Å². The first-order valence-electron chi connectivity index (χ1n) is 6.44. The summed E-state index contributed by atoms with van der Waals surface area (Å²) >= 11 is 5.29. The standard InChI is InChI=1S/C13H17N3O2S/c1-3-16-11(17)13(14-12(16)19)8-15(2)7-9(13)10-5-4-6-18-10/h4-6,9H,3,7-8H2,1-2H3,(H,14,19)/t9-,13+/m1/s1. The molecule has 0 aromatic carbocycles. The molecule has 2 fully saturated rings. The molecule has 2 saturated heterocycles. The molecule has 5 nitrogen and oxygen atoms in total. The number of carbonyl (C=O) groups is 1. The van der Waals surface area contributed by atoms with Crippen LogP contribution in [0.1, 0.15) is 18.6 Å². The molecule has 0 radical (unpaired) electrons. The molecule has 0 aliphatic carbocycles. The molecule has 1 N–H and O–H groups in total. The van der Waals surface area contributed by atoms with Gasteiger partial charge in [-0.15, -0.1) is 0 Å². The van der Waals surface area contributed by atoms with Gasteiger partial charge in [-0.3, -0.25) is 9.69 Å². The first-order chi connectivity index (χ1) is 9.08. The van der Waals surface area contributed by atoms with Crippen LogP contribution < -0.4 is 5.32 Å². The van der Waals surface area contributed by atoms with E-state index in [1.54, 1.807) is 11.2 Å². The molecule has 2 aliphatic rings. The van der Waals surface area contributed by atoms with Gasteiger partial charge in [-0.25, -0.2) is 0 Å². The number of hydrogen-bond donors (Lipinski definition) is 1. The number of nitrogens with one attached hydrogen (secondary N) is 1. The van der Waals surface area contributed by atoms with Crippen LogP contribution >= 0.6 is 12.2 Å². The number of furan rings is 1. The number of likely N-dealkylation sites (tertiary alicyclic amines) is 1. The van der Waals surface area contributed by atoms with Gasteiger partial charge >= 0.3 is 0 Å². The first kappa shape index (κ1) is 12.6. The zero-order valence-electron chi connectivity index (χ0n) is 11.0. The summed E-state index contributed by atoms with van der Waals surface area (Å²) in [5.41, 5.74) is -0.667. The molecule has 0 bridgehead atoms. The number of rotatable bonds is 2. The second kappa shape index (κ2) is 4.31. The lowest BCUT2D eigenvalue weighted by Gasteiger charge is -2.26. The van der Waals surface area contributed by atoms with Crippen molar-refractivity contribution in [1.82, 2.24) is 15.1 Å². The lowest BCUT2D eigenvalue weighted by atomic mass is 9.85. The molecule has 0 unspecified atom stereocenters. The second-order valence-electron chi connectivity index (χ2n) is 5.22. The van der Waals surface area contributed by atoms with E-state index in [1.165, 1.54) is 0 Å². The summed E-state index contributed by atoms with van der Waals surface area (Å²) in [4.78, 5) is 16.5. The molecule has 3 heterocycles. The highest BCUT2D eigenvalue weighted by molar-refractivity contribution is 7.80. The van der Waals surface area contributed by atoms with E-state index in [1.807, 2.05) is 26.1 Å². The van der Waals surface area contributed by atoms with Crippen molar-refractivity contribution >= 4 is 23.2 Å². The van der Waals surface area contributed by atoms with E-state index in [9.17, 15) is 4.79 Å². The van der Waals surface area contributed by atoms with Gasteiger partial charge in [0.05, 0.1) is 12.2 Å². The van der Waals surface area contributed by atoms with E-state index < -0.39 is 5.54 Å². The quantitative estimate of drug-likeness (QED) is 0.811. The zero-order chi connectivity index (χ0) is 13.6. The Bertz CT molecular complexity index is 516. The van der Waals surface area contributed by atoms with Gasteiger partial charge in [-0.05, 0) is 38.3 Å². The average Bonchev–Trinajstić information content (AvgIpc) is 3.02. The van der Waals surface area contributed by atoms with Crippen molar-refractivity contribution in [3.05, 3.63) is 24.2 Å². The van der Waals surface area contributed by atoms with E-state index in [0.717, 1.165) is 12.3 Å². The number of hydrogen-bond acceptors (Lipinski definition) is 4. The van der Waals surface area contributed by atoms with Crippen molar-refractivity contribution in [2.75, 3.05) is 26.7 Å². The molecule has 1 aromatic heterocycles. The third-order valence-electron chi connectivity index (χ3n) is 4.01. The van der Waals surface area contributed by atoms with Crippen LogP contribution in [0.4, 0.5) is 0 Å². The largest absolute Gasteiger partial charge is 0.469 e. The van der Waals surface area contributed by atoms with Crippen molar-refractivity contribution in [1.29, 1.82) is 0 Å². The fraction of sp³-hybridized carbons (Fsp3) is 0.538. The van der Waals surface area contributed by atoms with Crippen molar-refractivity contribution < 1.29 is 9.21 Å². The summed E-state index contributed by atoms with van der Waals surface area (Å²) in [6, 6.07) is 3.79. The van der Waals surface area contributed by atoms with Crippen LogP contribution in [0.5, 0.6) is 0 Å². The molecule has 19 heavy (non-hydrogen) atoms. The maximum Gasteiger partial charge on any atom is 0.256 e. The Hall–Kier alpha value is -1.40. The Labute approximate surface area is 117 Å². The Morgan fingerprint density at radius 1 is 1.63 bits per heavy atom. The molecule has 102 valence electrons. The Morgan fingerprint density at radius 3 is 3.00 bits per heavy atom. The molecule has 2 atom stereocenters. The van der Waals surface area contributed by atoms with Crippen molar-refractivity contribution in [3.63, 3.8) is 0 Å². The van der Waals surface area contributed by atoms with Gasteiger partial charge in [0.25, 0.3) is 5.91 Å². The van der Waals surface area contributed by atoms with E-state index in [0.29, 0.717) is 18.2 Å². The van der Waals surface area contributed by atoms with Gasteiger partial charge in [0.2, 0.25) is 0 Å². The molecule has 2 aliphatic heterocycles. The maximum absolute atomic E-state index is 12.7. The molecule has 6 heteroatoms. The molecule has 1 aromatic rings. The fourth-order valence-corrected chi connectivity index (χ4v) is 3.56. The Kier molecular flexibility index (Phi) is 2.87. The molecular weight excluding hydrogens is 262 g/mol. The minimum Gasteiger partial charge on any atom is -0.469 e. The van der Waals surface area contributed by atoms with E-state index >= 15 is 0 Å². The highest BCUT2D eigenvalue weighted by Gasteiger charge is 2.59. The normalized spacial score (nSPS) is 31.5. The third kappa shape index (κ3) is 1.70. The van der Waals surface area contributed by atoms with Gasteiger partial charge in [0, 0.05) is 19.6 Å². The van der Waals surface area contributed by atoms with E-state index in [4.69, 9.17) is 16.6 Å². The average molecular weight is 279 g/mol. The van der Waals surface area contributed by atoms with Crippen LogP contribution in [-0.4, -0.2) is 53.0 Å². The predicted molar refractivity (Wildman–Crippen MR) is 74.8 cm³/mol. The van der Waals surface area contributed by atoms with Crippen LogP contribution in [0.2, 0.25) is 0 Å². The number of carbonyl (C=O) groups excluding carboxylic acids is 1. The Balaban J connectivity index is 2.02. The van der Waals surface area contributed by atoms with E-state index in [-0.39, 0.29) is 11.8 Å². The van der Waals surface area contributed by atoms with E-state index in [2.05, 4.69) is 10.2 Å². The van der Waals surface area contributed by atoms with Crippen molar-refractivity contribution in [3.8, 4) is 0 Å². The van der Waals surface area contributed by atoms with Crippen LogP contribution in [0.15, 0.2) is 22.8 Å². The number of amides is 1. The SMILES string of the molecule is CCN1C(=O)[C@@]2(CN(C)C[C@@H]2c2ccco2)NC1=S. The fourth-order valence-electron chi connectivity index (χ4n) is 3.17. The highest BCUT2D eigenvalue weighted by Crippen LogP contribution is 2.39. The summed E-state index contributed by atoms with van der Waals surface area (Å²) < 4.78 is 5.52. The molecule has 0 saturated carbocycles. The minimum atomic E-state index is -0.667. The lowest BCUT2D eigenvalue weighted by Crippen LogP contribution is -2.52. The zero-order valence-corrected chi connectivity index (χ0v) is 11.9. The van der Waals surface area contributed by atoms with Gasteiger partial charge in [-0.1, -0.05) is 0 Å². The maximum atomic E-state index is 12.7. The highest BCUT2D eigenvalue weighted by atomic mass is 32.1.